The van der Waals surface area contributed by atoms with Crippen molar-refractivity contribution >= 4 is 36.7 Å². The molecule has 18 heavy (non-hydrogen) atoms. The third kappa shape index (κ3) is 2.95. The first kappa shape index (κ1) is 13.6. The number of aryl methyl sites for hydroxylation is 1. The van der Waals surface area contributed by atoms with Crippen LogP contribution in [0.25, 0.3) is 10.9 Å². The van der Waals surface area contributed by atoms with Crippen molar-refractivity contribution in [2.75, 3.05) is 11.5 Å². The number of sulfone groups is 1. The Labute approximate surface area is 116 Å². The minimum atomic E-state index is -2.92. The van der Waals surface area contributed by atoms with Gasteiger partial charge < -0.3 is 4.57 Å². The maximum Gasteiger partial charge on any atom is 0.152 e. The fourth-order valence-corrected chi connectivity index (χ4v) is 3.82. The first-order valence-corrected chi connectivity index (χ1v) is 8.59. The predicted octanol–water partition coefficient (Wildman–Crippen LogP) is 3.23. The topological polar surface area (TPSA) is 39.1 Å². The van der Waals surface area contributed by atoms with Gasteiger partial charge in [-0.3, -0.25) is 0 Å². The Balaban J connectivity index is 2.21. The number of hydrogen-bond acceptors (Lipinski definition) is 2. The third-order valence-corrected chi connectivity index (χ3v) is 5.45. The molecule has 0 N–H and O–H groups in total. The van der Waals surface area contributed by atoms with Crippen molar-refractivity contribution in [1.29, 1.82) is 0 Å². The second kappa shape index (κ2) is 5.45. The molecular formula is C13H16BrNO2S. The lowest BCUT2D eigenvalue weighted by molar-refractivity contribution is 0.588. The summed E-state index contributed by atoms with van der Waals surface area (Å²) in [6, 6.07) is 7.96. The van der Waals surface area contributed by atoms with Crippen LogP contribution in [-0.2, 0) is 16.4 Å². The molecule has 1 aromatic heterocycles. The van der Waals surface area contributed by atoms with E-state index in [1.54, 1.807) is 0 Å². The molecule has 3 nitrogen and oxygen atoms in total. The van der Waals surface area contributed by atoms with Crippen molar-refractivity contribution in [3.05, 3.63) is 34.9 Å². The highest BCUT2D eigenvalue weighted by Gasteiger charge is 2.10. The lowest BCUT2D eigenvalue weighted by atomic mass is 10.2. The van der Waals surface area contributed by atoms with Crippen molar-refractivity contribution in [2.24, 2.45) is 0 Å². The van der Waals surface area contributed by atoms with Crippen LogP contribution < -0.4 is 0 Å². The van der Waals surface area contributed by atoms with Gasteiger partial charge in [0.25, 0.3) is 0 Å². The summed E-state index contributed by atoms with van der Waals surface area (Å²) in [5.74, 6) is 0.479. The standard InChI is InChI=1S/C13H16BrNO2S/c1-2-9-18(16,17)10-8-15-7-6-11-12(14)4-3-5-13(11)15/h3-7H,2,8-10H2,1H3. The molecular weight excluding hydrogens is 314 g/mol. The van der Waals surface area contributed by atoms with Gasteiger partial charge in [0.1, 0.15) is 0 Å². The molecule has 0 unspecified atom stereocenters. The highest BCUT2D eigenvalue weighted by molar-refractivity contribution is 9.10. The Kier molecular flexibility index (Phi) is 4.12. The van der Waals surface area contributed by atoms with Crippen molar-refractivity contribution in [3.8, 4) is 0 Å². The lowest BCUT2D eigenvalue weighted by Crippen LogP contribution is -2.15. The van der Waals surface area contributed by atoms with Crippen LogP contribution >= 0.6 is 15.9 Å². The molecule has 0 saturated heterocycles. The van der Waals surface area contributed by atoms with Crippen LogP contribution in [0.5, 0.6) is 0 Å². The smallest absolute Gasteiger partial charge is 0.152 e. The molecule has 0 aliphatic carbocycles. The summed E-state index contributed by atoms with van der Waals surface area (Å²) in [6.07, 6.45) is 2.62. The minimum Gasteiger partial charge on any atom is -0.346 e. The van der Waals surface area contributed by atoms with E-state index >= 15 is 0 Å². The number of rotatable bonds is 5. The van der Waals surface area contributed by atoms with Crippen LogP contribution in [0.2, 0.25) is 0 Å². The second-order valence-corrected chi connectivity index (χ2v) is 7.49. The molecule has 0 fully saturated rings. The average molecular weight is 330 g/mol. The van der Waals surface area contributed by atoms with E-state index in [9.17, 15) is 8.42 Å². The van der Waals surface area contributed by atoms with Crippen molar-refractivity contribution in [3.63, 3.8) is 0 Å². The monoisotopic (exact) mass is 329 g/mol. The molecule has 0 spiro atoms. The molecule has 2 rings (SSSR count). The molecule has 98 valence electrons. The van der Waals surface area contributed by atoms with Crippen LogP contribution in [0, 0.1) is 0 Å². The van der Waals surface area contributed by atoms with Crippen LogP contribution in [0.15, 0.2) is 34.9 Å². The molecule has 1 heterocycles. The Morgan fingerprint density at radius 3 is 2.72 bits per heavy atom. The van der Waals surface area contributed by atoms with E-state index in [2.05, 4.69) is 15.9 Å². The maximum atomic E-state index is 11.7. The Hall–Kier alpha value is -0.810. The van der Waals surface area contributed by atoms with Gasteiger partial charge in [-0.05, 0) is 24.6 Å². The zero-order chi connectivity index (χ0) is 13.2. The predicted molar refractivity (Wildman–Crippen MR) is 78.6 cm³/mol. The van der Waals surface area contributed by atoms with Gasteiger partial charge in [-0.15, -0.1) is 0 Å². The highest BCUT2D eigenvalue weighted by Crippen LogP contribution is 2.24. The highest BCUT2D eigenvalue weighted by atomic mass is 79.9. The van der Waals surface area contributed by atoms with E-state index in [1.165, 1.54) is 0 Å². The van der Waals surface area contributed by atoms with Crippen molar-refractivity contribution in [1.82, 2.24) is 4.57 Å². The summed E-state index contributed by atoms with van der Waals surface area (Å²) in [6.45, 7) is 2.40. The molecule has 0 amide bonds. The minimum absolute atomic E-state index is 0.205. The van der Waals surface area contributed by atoms with Crippen molar-refractivity contribution < 1.29 is 8.42 Å². The number of hydrogen-bond donors (Lipinski definition) is 0. The summed E-state index contributed by atoms with van der Waals surface area (Å²) in [4.78, 5) is 0. The van der Waals surface area contributed by atoms with Crippen LogP contribution in [0.4, 0.5) is 0 Å². The fraction of sp³-hybridized carbons (Fsp3) is 0.385. The SMILES string of the molecule is CCCS(=O)(=O)CCn1ccc2c(Br)cccc21. The molecule has 1 aromatic carbocycles. The van der Waals surface area contributed by atoms with E-state index in [1.807, 2.05) is 42.0 Å². The number of halogens is 1. The summed E-state index contributed by atoms with van der Waals surface area (Å²) < 4.78 is 26.4. The van der Waals surface area contributed by atoms with Gasteiger partial charge in [-0.2, -0.15) is 0 Å². The Bertz CT molecular complexity index is 646. The zero-order valence-corrected chi connectivity index (χ0v) is 12.7. The largest absolute Gasteiger partial charge is 0.346 e. The van der Waals surface area contributed by atoms with E-state index in [0.29, 0.717) is 13.0 Å². The first-order valence-electron chi connectivity index (χ1n) is 5.97. The molecule has 2 aromatic rings. The zero-order valence-electron chi connectivity index (χ0n) is 10.3. The Morgan fingerprint density at radius 2 is 2.00 bits per heavy atom. The van der Waals surface area contributed by atoms with E-state index in [-0.39, 0.29) is 11.5 Å². The fourth-order valence-electron chi connectivity index (χ4n) is 2.03. The molecule has 0 bridgehead atoms. The molecule has 0 saturated carbocycles. The second-order valence-electron chi connectivity index (χ2n) is 4.33. The van der Waals surface area contributed by atoms with E-state index < -0.39 is 9.84 Å². The van der Waals surface area contributed by atoms with Crippen molar-refractivity contribution in [2.45, 2.75) is 19.9 Å². The van der Waals surface area contributed by atoms with E-state index in [4.69, 9.17) is 0 Å². The quantitative estimate of drug-likeness (QED) is 0.844. The van der Waals surface area contributed by atoms with Crippen LogP contribution in [-0.4, -0.2) is 24.5 Å². The van der Waals surface area contributed by atoms with Gasteiger partial charge >= 0.3 is 0 Å². The third-order valence-electron chi connectivity index (χ3n) is 2.92. The van der Waals surface area contributed by atoms with Gasteiger partial charge in [0, 0.05) is 33.9 Å². The van der Waals surface area contributed by atoms with Gasteiger partial charge in [0.15, 0.2) is 9.84 Å². The van der Waals surface area contributed by atoms with Gasteiger partial charge in [-0.25, -0.2) is 8.42 Å². The molecule has 0 aliphatic rings. The number of fused-ring (bicyclic) bond motifs is 1. The number of aromatic nitrogens is 1. The summed E-state index contributed by atoms with van der Waals surface area (Å²) in [5.41, 5.74) is 1.07. The number of benzene rings is 1. The summed E-state index contributed by atoms with van der Waals surface area (Å²) in [7, 11) is -2.92. The maximum absolute atomic E-state index is 11.7. The average Bonchev–Trinajstić information content (AvgIpc) is 2.71. The molecule has 5 heteroatoms. The molecule has 0 aliphatic heterocycles. The van der Waals surface area contributed by atoms with Crippen LogP contribution in [0.1, 0.15) is 13.3 Å². The Morgan fingerprint density at radius 1 is 1.22 bits per heavy atom. The summed E-state index contributed by atoms with van der Waals surface area (Å²) >= 11 is 3.49. The first-order chi connectivity index (χ1) is 8.53. The normalized spacial score (nSPS) is 12.1. The molecule has 0 radical (unpaired) electrons. The van der Waals surface area contributed by atoms with Gasteiger partial charge in [0.05, 0.1) is 5.75 Å². The van der Waals surface area contributed by atoms with Crippen LogP contribution in [0.3, 0.4) is 0 Å². The van der Waals surface area contributed by atoms with Gasteiger partial charge in [0.2, 0.25) is 0 Å². The van der Waals surface area contributed by atoms with E-state index in [0.717, 1.165) is 15.4 Å². The lowest BCUT2D eigenvalue weighted by Gasteiger charge is -2.06. The summed E-state index contributed by atoms with van der Waals surface area (Å²) in [5, 5.41) is 1.12. The number of nitrogens with zero attached hydrogens (tertiary/aromatic N) is 1. The van der Waals surface area contributed by atoms with Gasteiger partial charge in [-0.1, -0.05) is 28.9 Å². The molecule has 0 atom stereocenters.